The third kappa shape index (κ3) is 7.72. The molecule has 0 radical (unpaired) electrons. The van der Waals surface area contributed by atoms with Crippen LogP contribution in [0.25, 0.3) is 0 Å². The Kier molecular flexibility index (Phi) is 10.3. The number of nitrogens with zero attached hydrogens (tertiary/aromatic N) is 5. The van der Waals surface area contributed by atoms with Gasteiger partial charge in [0.2, 0.25) is 0 Å². The Morgan fingerprint density at radius 3 is 2.00 bits per heavy atom. The topological polar surface area (TPSA) is 44.7 Å². The number of hydrogen-bond acceptors (Lipinski definition) is 6. The van der Waals surface area contributed by atoms with E-state index in [2.05, 4.69) is 150 Å². The molecule has 0 fully saturated rings. The maximum absolute atomic E-state index is 6.57. The van der Waals surface area contributed by atoms with Crippen LogP contribution in [0.5, 0.6) is 11.5 Å². The maximum atomic E-state index is 6.57. The van der Waals surface area contributed by atoms with Crippen molar-refractivity contribution < 1.29 is 25.8 Å². The van der Waals surface area contributed by atoms with E-state index in [0.29, 0.717) is 11.5 Å². The maximum Gasteiger partial charge on any atom is 0 e. The van der Waals surface area contributed by atoms with Crippen LogP contribution in [0.3, 0.4) is 0 Å². The molecule has 6 nitrogen and oxygen atoms in total. The van der Waals surface area contributed by atoms with E-state index >= 15 is 0 Å². The molecule has 2 aliphatic rings. The molecule has 55 heavy (non-hydrogen) atoms. The van der Waals surface area contributed by atoms with Crippen molar-refractivity contribution in [3.8, 4) is 11.5 Å². The smallest absolute Gasteiger partial charge is 0 e. The van der Waals surface area contributed by atoms with Crippen LogP contribution in [0.1, 0.15) is 79.0 Å². The molecule has 6 aromatic rings. The second-order valence-electron chi connectivity index (χ2n) is 17.1. The Morgan fingerprint density at radius 1 is 0.600 bits per heavy atom. The van der Waals surface area contributed by atoms with Crippen molar-refractivity contribution in [2.45, 2.75) is 78.6 Å². The average Bonchev–Trinajstić information content (AvgIpc) is 3.52. The molecule has 0 bridgehead atoms. The van der Waals surface area contributed by atoms with E-state index in [-0.39, 0.29) is 52.3 Å². The number of hydrogen-bond donors (Lipinski definition) is 0. The van der Waals surface area contributed by atoms with Crippen LogP contribution in [-0.4, -0.2) is 24.9 Å². The molecule has 4 heterocycles. The summed E-state index contributed by atoms with van der Waals surface area (Å²) in [6, 6.07) is 41.3. The standard InChI is InChI=1S/C47H46N5OSe.Pt/c1-45(2,3)31-18-20-38-40(27-31)51(35-25-32(46(4,5)6)24-33(26-35)47(7,8)9)30-50(38)34-14-12-15-36(28-34)53-37-19-21-42-41(29-37)52(43-17-10-11-22-48-43)39-16-13-23-49-44(39)54-42;/h10-27,30H,1-9H3;/q-3;. The predicted molar refractivity (Wildman–Crippen MR) is 223 cm³/mol. The van der Waals surface area contributed by atoms with Crippen molar-refractivity contribution in [2.24, 2.45) is 0 Å². The van der Waals surface area contributed by atoms with Crippen LogP contribution in [0.2, 0.25) is 0 Å². The van der Waals surface area contributed by atoms with Crippen molar-refractivity contribution in [1.29, 1.82) is 0 Å². The first-order chi connectivity index (χ1) is 25.6. The van der Waals surface area contributed by atoms with Gasteiger partial charge < -0.3 is 0 Å². The quantitative estimate of drug-likeness (QED) is 0.127. The van der Waals surface area contributed by atoms with Gasteiger partial charge in [0.1, 0.15) is 0 Å². The van der Waals surface area contributed by atoms with E-state index in [9.17, 15) is 0 Å². The Hall–Kier alpha value is -4.41. The molecular weight excluding hydrogens is 925 g/mol. The van der Waals surface area contributed by atoms with Crippen LogP contribution in [0.4, 0.5) is 39.9 Å². The summed E-state index contributed by atoms with van der Waals surface area (Å²) in [6.07, 6.45) is 3.67. The molecule has 0 saturated carbocycles. The molecule has 284 valence electrons. The minimum Gasteiger partial charge on any atom is -0.0561 e. The van der Waals surface area contributed by atoms with Gasteiger partial charge in [0.05, 0.1) is 0 Å². The minimum absolute atomic E-state index is 0. The summed E-state index contributed by atoms with van der Waals surface area (Å²) in [7, 11) is 0. The van der Waals surface area contributed by atoms with Crippen LogP contribution >= 0.6 is 0 Å². The first-order valence-electron chi connectivity index (χ1n) is 18.5. The Morgan fingerprint density at radius 2 is 1.31 bits per heavy atom. The van der Waals surface area contributed by atoms with E-state index in [0.717, 1.165) is 44.5 Å². The number of fused-ring (bicyclic) bond motifs is 3. The number of aromatic nitrogens is 2. The van der Waals surface area contributed by atoms with Crippen molar-refractivity contribution >= 4 is 64.0 Å². The van der Waals surface area contributed by atoms with Crippen molar-refractivity contribution in [2.75, 3.05) is 14.7 Å². The zero-order valence-electron chi connectivity index (χ0n) is 32.8. The second kappa shape index (κ2) is 14.6. The molecule has 2 aromatic heterocycles. The summed E-state index contributed by atoms with van der Waals surface area (Å²) in [5, 5.41) is 0. The molecular formula is C47H46N5OPtSe-3. The van der Waals surface area contributed by atoms with Gasteiger partial charge in [-0.2, -0.15) is 0 Å². The average molecular weight is 971 g/mol. The van der Waals surface area contributed by atoms with Crippen LogP contribution in [0.15, 0.2) is 109 Å². The zero-order chi connectivity index (χ0) is 38.0. The third-order valence-electron chi connectivity index (χ3n) is 9.91. The number of benzene rings is 4. The first kappa shape index (κ1) is 38.8. The summed E-state index contributed by atoms with van der Waals surface area (Å²) < 4.78 is 8.81. The Labute approximate surface area is 347 Å². The molecule has 0 amide bonds. The number of anilines is 7. The minimum atomic E-state index is -0.00540. The fourth-order valence-corrected chi connectivity index (χ4v) is 8.75. The molecule has 0 spiro atoms. The molecule has 4 aromatic carbocycles. The van der Waals surface area contributed by atoms with Crippen molar-refractivity contribution in [3.63, 3.8) is 0 Å². The van der Waals surface area contributed by atoms with Gasteiger partial charge >= 0.3 is 215 Å². The van der Waals surface area contributed by atoms with E-state index in [1.165, 1.54) is 21.2 Å². The molecule has 0 aliphatic carbocycles. The SMILES string of the molecule is CC(C)(C)c1cc(N2[CH-]N(c3[c-]c(Oc4[c-]c5c(cc4)[Se]c4ncccc4N5c4ccccn4)ccc3)c3ccc(C(C)(C)C)cc32)cc(C(C)(C)C)c1.[Pt]. The predicted octanol–water partition coefficient (Wildman–Crippen LogP) is 10.6. The summed E-state index contributed by atoms with van der Waals surface area (Å²) in [4.78, 5) is 16.1. The van der Waals surface area contributed by atoms with E-state index in [1.807, 2.05) is 54.9 Å². The third-order valence-corrected chi connectivity index (χ3v) is 12.1. The van der Waals surface area contributed by atoms with E-state index < -0.39 is 0 Å². The van der Waals surface area contributed by atoms with Crippen LogP contribution in [0, 0.1) is 18.8 Å². The molecule has 0 unspecified atom stereocenters. The van der Waals surface area contributed by atoms with Crippen LogP contribution < -0.4 is 28.5 Å². The molecule has 0 N–H and O–H groups in total. The van der Waals surface area contributed by atoms with Gasteiger partial charge in [0.15, 0.2) is 0 Å². The van der Waals surface area contributed by atoms with E-state index in [4.69, 9.17) is 14.7 Å². The Bertz CT molecular complexity index is 2330. The molecule has 0 saturated heterocycles. The van der Waals surface area contributed by atoms with Gasteiger partial charge in [-0.05, 0) is 45.1 Å². The number of ether oxygens (including phenoxy) is 1. The summed E-state index contributed by atoms with van der Waals surface area (Å²) in [5.41, 5.74) is 10.1. The van der Waals surface area contributed by atoms with Gasteiger partial charge in [-0.1, -0.05) is 68.4 Å². The van der Waals surface area contributed by atoms with Gasteiger partial charge in [-0.15, -0.1) is 0 Å². The van der Waals surface area contributed by atoms with Crippen molar-refractivity contribution in [3.05, 3.63) is 145 Å². The fraction of sp³-hybridized carbons (Fsp3) is 0.255. The van der Waals surface area contributed by atoms with E-state index in [1.54, 1.807) is 0 Å². The summed E-state index contributed by atoms with van der Waals surface area (Å²) in [6.45, 7) is 22.7. The van der Waals surface area contributed by atoms with Gasteiger partial charge in [0, 0.05) is 21.1 Å². The normalized spacial score (nSPS) is 13.9. The van der Waals surface area contributed by atoms with Gasteiger partial charge in [0.25, 0.3) is 0 Å². The van der Waals surface area contributed by atoms with Crippen molar-refractivity contribution in [1.82, 2.24) is 9.97 Å². The molecule has 2 aliphatic heterocycles. The second-order valence-corrected chi connectivity index (χ2v) is 19.2. The molecule has 8 rings (SSSR count). The number of rotatable bonds is 5. The molecule has 0 atom stereocenters. The monoisotopic (exact) mass is 971 g/mol. The zero-order valence-corrected chi connectivity index (χ0v) is 36.8. The largest absolute Gasteiger partial charge is 0.0561 e. The molecule has 8 heteroatoms. The van der Waals surface area contributed by atoms with Gasteiger partial charge in [-0.3, -0.25) is 0 Å². The number of pyridine rings is 2. The summed E-state index contributed by atoms with van der Waals surface area (Å²) in [5.74, 6) is 2.04. The summed E-state index contributed by atoms with van der Waals surface area (Å²) >= 11 is 0.0238. The van der Waals surface area contributed by atoms with Gasteiger partial charge in [-0.25, -0.2) is 0 Å². The van der Waals surface area contributed by atoms with Crippen LogP contribution in [-0.2, 0) is 37.3 Å². The first-order valence-corrected chi connectivity index (χ1v) is 20.2. The Balaban J connectivity index is 0.00000465. The fourth-order valence-electron chi connectivity index (χ4n) is 6.73.